The molecule has 0 amide bonds. The Hall–Kier alpha value is -0.800. The van der Waals surface area contributed by atoms with Gasteiger partial charge in [-0.15, -0.1) is 0 Å². The maximum absolute atomic E-state index is 6.05. The first-order valence-electron chi connectivity index (χ1n) is 4.98. The van der Waals surface area contributed by atoms with Gasteiger partial charge in [-0.2, -0.15) is 0 Å². The van der Waals surface area contributed by atoms with Crippen molar-refractivity contribution in [3.63, 3.8) is 0 Å². The quantitative estimate of drug-likeness (QED) is 0.652. The van der Waals surface area contributed by atoms with Crippen LogP contribution >= 0.6 is 0 Å². The van der Waals surface area contributed by atoms with Gasteiger partial charge < -0.3 is 16.0 Å². The number of aromatic nitrogens is 1. The summed E-state index contributed by atoms with van der Waals surface area (Å²) >= 11 is 0. The Balaban J connectivity index is 1.87. The molecule has 0 bridgehead atoms. The van der Waals surface area contributed by atoms with E-state index in [9.17, 15) is 0 Å². The molecular weight excluding hydrogens is 162 g/mol. The first-order valence-corrected chi connectivity index (χ1v) is 4.98. The van der Waals surface area contributed by atoms with Crippen LogP contribution in [0.25, 0.3) is 0 Å². The number of nitrogens with one attached hydrogen (secondary N) is 2. The van der Waals surface area contributed by atoms with Gasteiger partial charge in [-0.05, 0) is 37.9 Å². The molecule has 4 N–H and O–H groups in total. The van der Waals surface area contributed by atoms with Crippen LogP contribution in [0, 0.1) is 0 Å². The minimum atomic E-state index is 0.158. The van der Waals surface area contributed by atoms with Crippen molar-refractivity contribution >= 4 is 0 Å². The average Bonchev–Trinajstić information content (AvgIpc) is 2.74. The topological polar surface area (TPSA) is 53.8 Å². The second-order valence-electron chi connectivity index (χ2n) is 3.76. The minimum absolute atomic E-state index is 0.158. The third-order valence-corrected chi connectivity index (χ3v) is 2.72. The lowest BCUT2D eigenvalue weighted by Gasteiger charge is -2.15. The van der Waals surface area contributed by atoms with Crippen molar-refractivity contribution in [3.05, 3.63) is 24.0 Å². The lowest BCUT2D eigenvalue weighted by atomic mass is 10.0. The zero-order chi connectivity index (χ0) is 9.10. The fraction of sp³-hybridized carbons (Fsp3) is 0.600. The third kappa shape index (κ3) is 2.11. The van der Waals surface area contributed by atoms with Crippen LogP contribution in [0.15, 0.2) is 18.3 Å². The second kappa shape index (κ2) is 3.94. The molecule has 72 valence electrons. The van der Waals surface area contributed by atoms with E-state index in [0.717, 1.165) is 18.7 Å². The van der Waals surface area contributed by atoms with Gasteiger partial charge >= 0.3 is 0 Å². The van der Waals surface area contributed by atoms with Crippen molar-refractivity contribution in [2.75, 3.05) is 6.54 Å². The Morgan fingerprint density at radius 1 is 1.62 bits per heavy atom. The maximum atomic E-state index is 6.05. The Labute approximate surface area is 78.7 Å². The minimum Gasteiger partial charge on any atom is -0.364 e. The molecule has 2 heterocycles. The van der Waals surface area contributed by atoms with Crippen molar-refractivity contribution < 1.29 is 0 Å². The molecular formula is C10H17N3. The van der Waals surface area contributed by atoms with Gasteiger partial charge in [-0.1, -0.05) is 0 Å². The van der Waals surface area contributed by atoms with Crippen molar-refractivity contribution in [1.82, 2.24) is 10.3 Å². The number of aromatic amines is 1. The molecule has 0 radical (unpaired) electrons. The summed E-state index contributed by atoms with van der Waals surface area (Å²) < 4.78 is 0. The molecule has 2 atom stereocenters. The molecule has 1 aliphatic rings. The average molecular weight is 179 g/mol. The van der Waals surface area contributed by atoms with Crippen LogP contribution in [-0.2, 0) is 0 Å². The summed E-state index contributed by atoms with van der Waals surface area (Å²) in [6.45, 7) is 1.15. The molecule has 3 heteroatoms. The fourth-order valence-corrected chi connectivity index (χ4v) is 1.97. The van der Waals surface area contributed by atoms with Gasteiger partial charge in [0.05, 0.1) is 0 Å². The van der Waals surface area contributed by atoms with Gasteiger partial charge in [0.15, 0.2) is 0 Å². The van der Waals surface area contributed by atoms with E-state index in [2.05, 4.69) is 16.4 Å². The van der Waals surface area contributed by atoms with Gasteiger partial charge in [-0.3, -0.25) is 0 Å². The number of hydrogen-bond donors (Lipinski definition) is 3. The van der Waals surface area contributed by atoms with Crippen LogP contribution in [0.1, 0.15) is 31.0 Å². The maximum Gasteiger partial charge on any atom is 0.0462 e. The van der Waals surface area contributed by atoms with Gasteiger partial charge in [-0.25, -0.2) is 0 Å². The van der Waals surface area contributed by atoms with Crippen molar-refractivity contribution in [1.29, 1.82) is 0 Å². The molecule has 0 aliphatic carbocycles. The Kier molecular flexibility index (Phi) is 2.66. The lowest BCUT2D eigenvalue weighted by molar-refractivity contribution is 0.494. The van der Waals surface area contributed by atoms with Crippen LogP contribution in [0.2, 0.25) is 0 Å². The molecule has 1 saturated heterocycles. The number of H-pyrrole nitrogens is 1. The van der Waals surface area contributed by atoms with Crippen LogP contribution in [-0.4, -0.2) is 17.6 Å². The second-order valence-corrected chi connectivity index (χ2v) is 3.76. The van der Waals surface area contributed by atoms with E-state index in [1.165, 1.54) is 12.8 Å². The Morgan fingerprint density at radius 3 is 3.15 bits per heavy atom. The molecule has 2 rings (SSSR count). The summed E-state index contributed by atoms with van der Waals surface area (Å²) in [6.07, 6.45) is 5.54. The predicted molar refractivity (Wildman–Crippen MR) is 53.4 cm³/mol. The molecule has 2 unspecified atom stereocenters. The normalized spacial score (nSPS) is 24.8. The van der Waals surface area contributed by atoms with Crippen LogP contribution in [0.4, 0.5) is 0 Å². The van der Waals surface area contributed by atoms with Crippen LogP contribution < -0.4 is 11.1 Å². The standard InChI is InChI=1S/C10H17N3/c11-9(10-4-2-6-13-10)7-8-3-1-5-12-8/h2,4,6,8-9,12-13H,1,3,5,7,11H2. The molecule has 0 saturated carbocycles. The summed E-state index contributed by atoms with van der Waals surface area (Å²) in [5, 5.41) is 3.46. The van der Waals surface area contributed by atoms with Crippen LogP contribution in [0.5, 0.6) is 0 Å². The van der Waals surface area contributed by atoms with Gasteiger partial charge in [0, 0.05) is 24.0 Å². The van der Waals surface area contributed by atoms with E-state index in [4.69, 9.17) is 5.73 Å². The van der Waals surface area contributed by atoms with Crippen molar-refractivity contribution in [2.24, 2.45) is 5.73 Å². The smallest absolute Gasteiger partial charge is 0.0462 e. The highest BCUT2D eigenvalue weighted by molar-refractivity contribution is 5.08. The first kappa shape index (κ1) is 8.78. The van der Waals surface area contributed by atoms with E-state index in [0.29, 0.717) is 6.04 Å². The molecule has 0 spiro atoms. The third-order valence-electron chi connectivity index (χ3n) is 2.72. The molecule has 0 aromatic carbocycles. The highest BCUT2D eigenvalue weighted by Crippen LogP contribution is 2.18. The van der Waals surface area contributed by atoms with Crippen LogP contribution in [0.3, 0.4) is 0 Å². The predicted octanol–water partition coefficient (Wildman–Crippen LogP) is 1.16. The monoisotopic (exact) mass is 179 g/mol. The molecule has 3 nitrogen and oxygen atoms in total. The summed E-state index contributed by atoms with van der Waals surface area (Å²) in [7, 11) is 0. The van der Waals surface area contributed by atoms with Crippen molar-refractivity contribution in [2.45, 2.75) is 31.3 Å². The van der Waals surface area contributed by atoms with E-state index in [1.807, 2.05) is 12.3 Å². The fourth-order valence-electron chi connectivity index (χ4n) is 1.97. The Bertz CT molecular complexity index is 237. The molecule has 1 aromatic rings. The molecule has 1 aromatic heterocycles. The number of nitrogens with two attached hydrogens (primary N) is 1. The van der Waals surface area contributed by atoms with E-state index >= 15 is 0 Å². The Morgan fingerprint density at radius 2 is 2.54 bits per heavy atom. The molecule has 1 fully saturated rings. The van der Waals surface area contributed by atoms with E-state index in [1.54, 1.807) is 0 Å². The van der Waals surface area contributed by atoms with E-state index < -0.39 is 0 Å². The highest BCUT2D eigenvalue weighted by Gasteiger charge is 2.18. The highest BCUT2D eigenvalue weighted by atomic mass is 14.9. The SMILES string of the molecule is NC(CC1CCCN1)c1ccc[nH]1. The van der Waals surface area contributed by atoms with E-state index in [-0.39, 0.29) is 6.04 Å². The zero-order valence-corrected chi connectivity index (χ0v) is 7.79. The summed E-state index contributed by atoms with van der Waals surface area (Å²) in [5.41, 5.74) is 7.19. The van der Waals surface area contributed by atoms with Gasteiger partial charge in [0.25, 0.3) is 0 Å². The van der Waals surface area contributed by atoms with Gasteiger partial charge in [0.2, 0.25) is 0 Å². The van der Waals surface area contributed by atoms with Crippen molar-refractivity contribution in [3.8, 4) is 0 Å². The summed E-state index contributed by atoms with van der Waals surface area (Å²) in [6, 6.07) is 4.83. The zero-order valence-electron chi connectivity index (χ0n) is 7.79. The lowest BCUT2D eigenvalue weighted by Crippen LogP contribution is -2.26. The number of rotatable bonds is 3. The molecule has 1 aliphatic heterocycles. The summed E-state index contributed by atoms with van der Waals surface area (Å²) in [4.78, 5) is 3.16. The number of hydrogen-bond acceptors (Lipinski definition) is 2. The van der Waals surface area contributed by atoms with Gasteiger partial charge in [0.1, 0.15) is 0 Å². The largest absolute Gasteiger partial charge is 0.364 e. The molecule has 13 heavy (non-hydrogen) atoms. The first-order chi connectivity index (χ1) is 6.36. The summed E-state index contributed by atoms with van der Waals surface area (Å²) in [5.74, 6) is 0.